The van der Waals surface area contributed by atoms with Crippen molar-refractivity contribution in [3.05, 3.63) is 24.2 Å². The van der Waals surface area contributed by atoms with Gasteiger partial charge in [0.25, 0.3) is 0 Å². The highest BCUT2D eigenvalue weighted by Gasteiger charge is 2.24. The van der Waals surface area contributed by atoms with E-state index in [1.165, 1.54) is 0 Å². The molecule has 0 unspecified atom stereocenters. The molecular weight excluding hydrogens is 240 g/mol. The number of likely N-dealkylation sites (tertiary alicyclic amines) is 1. The summed E-state index contributed by atoms with van der Waals surface area (Å²) in [7, 11) is 1.67. The summed E-state index contributed by atoms with van der Waals surface area (Å²) in [6.07, 6.45) is 4.34. The molecule has 3 heterocycles. The van der Waals surface area contributed by atoms with Crippen LogP contribution in [0.15, 0.2) is 18.3 Å². The smallest absolute Gasteiger partial charge is 0.203 e. The molecule has 0 N–H and O–H groups in total. The Morgan fingerprint density at radius 3 is 2.79 bits per heavy atom. The molecule has 2 aromatic heterocycles. The number of ether oxygens (including phenoxy) is 1. The molecule has 0 aliphatic carbocycles. The zero-order valence-corrected chi connectivity index (χ0v) is 11.5. The van der Waals surface area contributed by atoms with Crippen molar-refractivity contribution in [2.75, 3.05) is 26.7 Å². The van der Waals surface area contributed by atoms with Gasteiger partial charge in [-0.1, -0.05) is 6.92 Å². The van der Waals surface area contributed by atoms with Crippen LogP contribution in [0.1, 0.15) is 31.5 Å². The monoisotopic (exact) mass is 260 g/mol. The maximum atomic E-state index is 5.33. The SMILES string of the molecule is CCN1CCC(c2nnc3c(OC)cccn23)CC1. The van der Waals surface area contributed by atoms with E-state index in [0.29, 0.717) is 5.92 Å². The van der Waals surface area contributed by atoms with Crippen LogP contribution >= 0.6 is 0 Å². The first-order valence-electron chi connectivity index (χ1n) is 6.93. The van der Waals surface area contributed by atoms with Crippen molar-refractivity contribution in [2.45, 2.75) is 25.7 Å². The van der Waals surface area contributed by atoms with Gasteiger partial charge in [0.2, 0.25) is 5.65 Å². The third kappa shape index (κ3) is 2.18. The van der Waals surface area contributed by atoms with Crippen LogP contribution in [0.3, 0.4) is 0 Å². The Bertz CT molecular complexity index is 558. The molecule has 1 fully saturated rings. The van der Waals surface area contributed by atoms with Gasteiger partial charge in [0.05, 0.1) is 7.11 Å². The first-order chi connectivity index (χ1) is 9.33. The number of hydrogen-bond acceptors (Lipinski definition) is 4. The third-order valence-electron chi connectivity index (χ3n) is 4.05. The van der Waals surface area contributed by atoms with Gasteiger partial charge in [-0.2, -0.15) is 0 Å². The highest BCUT2D eigenvalue weighted by Crippen LogP contribution is 2.28. The van der Waals surface area contributed by atoms with E-state index in [9.17, 15) is 0 Å². The van der Waals surface area contributed by atoms with Gasteiger partial charge in [-0.05, 0) is 44.6 Å². The first-order valence-corrected chi connectivity index (χ1v) is 6.93. The first kappa shape index (κ1) is 12.4. The fraction of sp³-hybridized carbons (Fsp3) is 0.571. The topological polar surface area (TPSA) is 42.7 Å². The third-order valence-corrected chi connectivity index (χ3v) is 4.05. The standard InChI is InChI=1S/C14H20N4O/c1-3-17-9-6-11(7-10-17)13-15-16-14-12(19-2)5-4-8-18(13)14/h4-5,8,11H,3,6-7,9-10H2,1-2H3. The summed E-state index contributed by atoms with van der Waals surface area (Å²) in [6.45, 7) is 5.67. The van der Waals surface area contributed by atoms with Crippen LogP contribution in [0, 0.1) is 0 Å². The molecule has 1 saturated heterocycles. The molecule has 5 heteroatoms. The lowest BCUT2D eigenvalue weighted by molar-refractivity contribution is 0.218. The highest BCUT2D eigenvalue weighted by atomic mass is 16.5. The molecule has 0 radical (unpaired) electrons. The largest absolute Gasteiger partial charge is 0.493 e. The minimum atomic E-state index is 0.505. The molecule has 2 aromatic rings. The van der Waals surface area contributed by atoms with Crippen LogP contribution < -0.4 is 4.74 Å². The molecule has 19 heavy (non-hydrogen) atoms. The fourth-order valence-corrected chi connectivity index (χ4v) is 2.85. The lowest BCUT2D eigenvalue weighted by Gasteiger charge is -2.30. The summed E-state index contributed by atoms with van der Waals surface area (Å²) in [6, 6.07) is 3.91. The van der Waals surface area contributed by atoms with E-state index >= 15 is 0 Å². The van der Waals surface area contributed by atoms with Gasteiger partial charge in [-0.3, -0.25) is 4.40 Å². The summed E-state index contributed by atoms with van der Waals surface area (Å²) < 4.78 is 7.41. The average molecular weight is 260 g/mol. The summed E-state index contributed by atoms with van der Waals surface area (Å²) in [5.41, 5.74) is 0.818. The number of fused-ring (bicyclic) bond motifs is 1. The van der Waals surface area contributed by atoms with Crippen molar-refractivity contribution in [3.63, 3.8) is 0 Å². The minimum Gasteiger partial charge on any atom is -0.493 e. The summed E-state index contributed by atoms with van der Waals surface area (Å²) >= 11 is 0. The van der Waals surface area contributed by atoms with E-state index in [-0.39, 0.29) is 0 Å². The Kier molecular flexibility index (Phi) is 3.38. The van der Waals surface area contributed by atoms with Crippen LogP contribution in [0.25, 0.3) is 5.65 Å². The average Bonchev–Trinajstić information content (AvgIpc) is 2.91. The van der Waals surface area contributed by atoms with Crippen LogP contribution in [-0.4, -0.2) is 46.2 Å². The maximum absolute atomic E-state index is 5.33. The van der Waals surface area contributed by atoms with Gasteiger partial charge in [0, 0.05) is 12.1 Å². The second-order valence-corrected chi connectivity index (χ2v) is 5.04. The van der Waals surface area contributed by atoms with Gasteiger partial charge in [0.1, 0.15) is 5.82 Å². The molecule has 0 aromatic carbocycles. The molecule has 0 spiro atoms. The van der Waals surface area contributed by atoms with Crippen molar-refractivity contribution in [1.82, 2.24) is 19.5 Å². The molecule has 0 atom stereocenters. The Morgan fingerprint density at radius 1 is 1.32 bits per heavy atom. The number of aromatic nitrogens is 3. The Hall–Kier alpha value is -1.62. The summed E-state index contributed by atoms with van der Waals surface area (Å²) in [4.78, 5) is 2.49. The van der Waals surface area contributed by atoms with E-state index < -0.39 is 0 Å². The Balaban J connectivity index is 1.90. The van der Waals surface area contributed by atoms with E-state index in [2.05, 4.69) is 26.4 Å². The second kappa shape index (κ2) is 5.17. The van der Waals surface area contributed by atoms with Crippen LogP contribution in [0.2, 0.25) is 0 Å². The molecule has 0 bridgehead atoms. The van der Waals surface area contributed by atoms with Gasteiger partial charge in [-0.25, -0.2) is 0 Å². The van der Waals surface area contributed by atoms with Gasteiger partial charge >= 0.3 is 0 Å². The second-order valence-electron chi connectivity index (χ2n) is 5.04. The fourth-order valence-electron chi connectivity index (χ4n) is 2.85. The minimum absolute atomic E-state index is 0.505. The van der Waals surface area contributed by atoms with E-state index in [1.54, 1.807) is 7.11 Å². The predicted molar refractivity (Wildman–Crippen MR) is 73.6 cm³/mol. The van der Waals surface area contributed by atoms with Crippen molar-refractivity contribution in [1.29, 1.82) is 0 Å². The lowest BCUT2D eigenvalue weighted by atomic mass is 9.96. The van der Waals surface area contributed by atoms with E-state index in [4.69, 9.17) is 4.74 Å². The lowest BCUT2D eigenvalue weighted by Crippen LogP contribution is -2.33. The van der Waals surface area contributed by atoms with Gasteiger partial charge in [0.15, 0.2) is 5.75 Å². The van der Waals surface area contributed by atoms with Gasteiger partial charge < -0.3 is 9.64 Å². The Morgan fingerprint density at radius 2 is 2.11 bits per heavy atom. The zero-order chi connectivity index (χ0) is 13.2. The van der Waals surface area contributed by atoms with Crippen molar-refractivity contribution < 1.29 is 4.74 Å². The van der Waals surface area contributed by atoms with Crippen molar-refractivity contribution >= 4 is 5.65 Å². The number of rotatable bonds is 3. The summed E-state index contributed by atoms with van der Waals surface area (Å²) in [5, 5.41) is 8.67. The molecule has 102 valence electrons. The molecular formula is C14H20N4O. The quantitative estimate of drug-likeness (QED) is 0.846. The maximum Gasteiger partial charge on any atom is 0.203 e. The Labute approximate surface area is 113 Å². The highest BCUT2D eigenvalue weighted by molar-refractivity contribution is 5.53. The molecule has 0 amide bonds. The molecule has 0 saturated carbocycles. The molecule has 1 aliphatic heterocycles. The number of methoxy groups -OCH3 is 1. The zero-order valence-electron chi connectivity index (χ0n) is 11.5. The van der Waals surface area contributed by atoms with Crippen LogP contribution in [-0.2, 0) is 0 Å². The van der Waals surface area contributed by atoms with Crippen LogP contribution in [0.5, 0.6) is 5.75 Å². The molecule has 3 rings (SSSR count). The summed E-state index contributed by atoms with van der Waals surface area (Å²) in [5.74, 6) is 2.36. The number of nitrogens with zero attached hydrogens (tertiary/aromatic N) is 4. The van der Waals surface area contributed by atoms with Crippen molar-refractivity contribution in [3.8, 4) is 5.75 Å². The number of pyridine rings is 1. The predicted octanol–water partition coefficient (Wildman–Crippen LogP) is 1.94. The van der Waals surface area contributed by atoms with E-state index in [0.717, 1.165) is 49.7 Å². The number of hydrogen-bond donors (Lipinski definition) is 0. The van der Waals surface area contributed by atoms with E-state index in [1.807, 2.05) is 18.3 Å². The normalized spacial score (nSPS) is 18.0. The molecule has 1 aliphatic rings. The van der Waals surface area contributed by atoms with Crippen LogP contribution in [0.4, 0.5) is 0 Å². The van der Waals surface area contributed by atoms with Gasteiger partial charge in [-0.15, -0.1) is 10.2 Å². The number of piperidine rings is 1. The van der Waals surface area contributed by atoms with Crippen molar-refractivity contribution in [2.24, 2.45) is 0 Å². The molecule has 5 nitrogen and oxygen atoms in total.